The summed E-state index contributed by atoms with van der Waals surface area (Å²) >= 11 is 0. The van der Waals surface area contributed by atoms with Gasteiger partial charge in [-0.2, -0.15) is 0 Å². The average molecular weight is 123 g/mol. The average Bonchev–Trinajstić information content (AvgIpc) is 1.00. The van der Waals surface area contributed by atoms with Crippen LogP contribution in [-0.4, -0.2) is 0 Å². The Morgan fingerprint density at radius 1 is 1.25 bits per heavy atom. The van der Waals surface area contributed by atoms with Crippen LogP contribution >= 0.6 is 0 Å². The molecule has 0 aliphatic rings. The standard InChI is InChI=1S/CH2F.ClH.Mn/c1-2;;/h1H2;1H;/p-1. The van der Waals surface area contributed by atoms with Crippen molar-refractivity contribution in [3.8, 4) is 0 Å². The van der Waals surface area contributed by atoms with E-state index in [1.807, 2.05) is 0 Å². The molecule has 0 unspecified atom stereocenters. The number of rotatable bonds is 0. The molecule has 0 aromatic rings. The van der Waals surface area contributed by atoms with Gasteiger partial charge in [0.2, 0.25) is 0 Å². The molecule has 28 valence electrons. The molecule has 0 aromatic heterocycles. The monoisotopic (exact) mass is 123 g/mol. The first-order valence-electron chi connectivity index (χ1n) is 0.267. The SMILES string of the molecule is [CH2]F.[Cl-].[Mn]. The third kappa shape index (κ3) is 15.2. The molecule has 0 fully saturated rings. The molecule has 2 radical (unpaired) electrons. The summed E-state index contributed by atoms with van der Waals surface area (Å²) in [7, 11) is 1.75. The molecule has 0 aromatic carbocycles. The van der Waals surface area contributed by atoms with E-state index in [-0.39, 0.29) is 29.5 Å². The van der Waals surface area contributed by atoms with E-state index < -0.39 is 0 Å². The van der Waals surface area contributed by atoms with Crippen LogP contribution in [-0.2, 0) is 17.1 Å². The molecule has 3 heteroatoms. The minimum absolute atomic E-state index is 0. The fraction of sp³-hybridized carbons (Fsp3) is 0. The minimum atomic E-state index is 0. The minimum Gasteiger partial charge on any atom is -1.00 e. The molecule has 0 rings (SSSR count). The van der Waals surface area contributed by atoms with Crippen LogP contribution in [0.5, 0.6) is 0 Å². The number of hydrogen-bond acceptors (Lipinski definition) is 0. The predicted molar refractivity (Wildman–Crippen MR) is 6.46 cm³/mol. The van der Waals surface area contributed by atoms with Gasteiger partial charge in [-0.15, -0.1) is 0 Å². The second kappa shape index (κ2) is 51.3. The van der Waals surface area contributed by atoms with Crippen molar-refractivity contribution < 1.29 is 33.9 Å². The Hall–Kier alpha value is 0.739. The summed E-state index contributed by atoms with van der Waals surface area (Å²) in [5, 5.41) is 0. The van der Waals surface area contributed by atoms with Gasteiger partial charge in [0.15, 0.2) is 0 Å². The molecule has 0 atom stereocenters. The summed E-state index contributed by atoms with van der Waals surface area (Å²) < 4.78 is 9.25. The van der Waals surface area contributed by atoms with Gasteiger partial charge < -0.3 is 12.4 Å². The maximum atomic E-state index is 9.25. The number of halogens is 2. The van der Waals surface area contributed by atoms with Crippen LogP contribution in [0.15, 0.2) is 0 Å². The van der Waals surface area contributed by atoms with Crippen LogP contribution in [0.2, 0.25) is 0 Å². The van der Waals surface area contributed by atoms with Crippen molar-refractivity contribution in [3.05, 3.63) is 7.18 Å². The Bertz CT molecular complexity index is 8.00. The maximum absolute atomic E-state index is 9.25. The van der Waals surface area contributed by atoms with Crippen LogP contribution in [0.4, 0.5) is 4.39 Å². The molecule has 0 nitrogen and oxygen atoms in total. The van der Waals surface area contributed by atoms with E-state index >= 15 is 0 Å². The third-order valence-corrected chi connectivity index (χ3v) is 0. The van der Waals surface area contributed by atoms with E-state index in [0.717, 1.165) is 0 Å². The van der Waals surface area contributed by atoms with Gasteiger partial charge in [-0.05, 0) is 0 Å². The van der Waals surface area contributed by atoms with Gasteiger partial charge in [0.25, 0.3) is 0 Å². The second-order valence-electron chi connectivity index (χ2n) is 0. The number of hydrogen-bond donors (Lipinski definition) is 0. The van der Waals surface area contributed by atoms with Crippen molar-refractivity contribution in [2.75, 3.05) is 0 Å². The molecule has 0 heterocycles. The normalized spacial score (nSPS) is 1.50. The fourth-order valence-corrected chi connectivity index (χ4v) is 0. The summed E-state index contributed by atoms with van der Waals surface area (Å²) in [4.78, 5) is 0. The summed E-state index contributed by atoms with van der Waals surface area (Å²) in [6.07, 6.45) is 0. The Kier molecular flexibility index (Phi) is 281. The molecule has 0 N–H and O–H groups in total. The summed E-state index contributed by atoms with van der Waals surface area (Å²) in [6.45, 7) is 0. The topological polar surface area (TPSA) is 0 Å². The van der Waals surface area contributed by atoms with Crippen molar-refractivity contribution in [1.82, 2.24) is 0 Å². The van der Waals surface area contributed by atoms with Gasteiger partial charge in [-0.25, -0.2) is 4.39 Å². The fourth-order valence-electron chi connectivity index (χ4n) is 0. The molecular formula is CH2ClFMn-. The molecule has 0 aliphatic heterocycles. The van der Waals surface area contributed by atoms with Gasteiger partial charge in [0, 0.05) is 17.1 Å². The van der Waals surface area contributed by atoms with Gasteiger partial charge >= 0.3 is 0 Å². The largest absolute Gasteiger partial charge is 1.00 e. The Balaban J connectivity index is -0.00000000500. The van der Waals surface area contributed by atoms with Crippen molar-refractivity contribution in [3.63, 3.8) is 0 Å². The zero-order chi connectivity index (χ0) is 2.00. The van der Waals surface area contributed by atoms with E-state index in [1.54, 1.807) is 7.18 Å². The predicted octanol–water partition coefficient (Wildman–Crippen LogP) is -2.25. The van der Waals surface area contributed by atoms with Gasteiger partial charge in [0.05, 0.1) is 0 Å². The van der Waals surface area contributed by atoms with Crippen LogP contribution < -0.4 is 12.4 Å². The first-order chi connectivity index (χ1) is 1.00. The third-order valence-electron chi connectivity index (χ3n) is 0. The van der Waals surface area contributed by atoms with Crippen molar-refractivity contribution >= 4 is 0 Å². The zero-order valence-electron chi connectivity index (χ0n) is 1.84. The van der Waals surface area contributed by atoms with Crippen molar-refractivity contribution in [1.29, 1.82) is 0 Å². The van der Waals surface area contributed by atoms with Crippen LogP contribution in [0.1, 0.15) is 0 Å². The van der Waals surface area contributed by atoms with Crippen LogP contribution in [0.25, 0.3) is 0 Å². The van der Waals surface area contributed by atoms with Gasteiger partial charge in [0.1, 0.15) is 7.18 Å². The van der Waals surface area contributed by atoms with E-state index in [9.17, 15) is 4.39 Å². The van der Waals surface area contributed by atoms with Crippen LogP contribution in [0.3, 0.4) is 0 Å². The van der Waals surface area contributed by atoms with Crippen molar-refractivity contribution in [2.45, 2.75) is 0 Å². The second-order valence-corrected chi connectivity index (χ2v) is 0. The van der Waals surface area contributed by atoms with E-state index in [4.69, 9.17) is 0 Å². The molecule has 0 saturated heterocycles. The summed E-state index contributed by atoms with van der Waals surface area (Å²) in [5.41, 5.74) is 0. The summed E-state index contributed by atoms with van der Waals surface area (Å²) in [6, 6.07) is 0. The first kappa shape index (κ1) is 21.9. The Morgan fingerprint density at radius 3 is 1.25 bits per heavy atom. The maximum Gasteiger partial charge on any atom is 0.118 e. The molecule has 0 bridgehead atoms. The van der Waals surface area contributed by atoms with E-state index in [1.165, 1.54) is 0 Å². The molecule has 4 heavy (non-hydrogen) atoms. The Morgan fingerprint density at radius 2 is 1.25 bits per heavy atom. The Labute approximate surface area is 41.7 Å². The zero-order valence-corrected chi connectivity index (χ0v) is 3.78. The molecule has 0 spiro atoms. The van der Waals surface area contributed by atoms with Gasteiger partial charge in [-0.1, -0.05) is 0 Å². The van der Waals surface area contributed by atoms with E-state index in [0.29, 0.717) is 0 Å². The smallest absolute Gasteiger partial charge is 0.118 e. The van der Waals surface area contributed by atoms with Gasteiger partial charge in [-0.3, -0.25) is 0 Å². The van der Waals surface area contributed by atoms with Crippen LogP contribution in [0, 0.1) is 7.18 Å². The molecule has 0 saturated carbocycles. The van der Waals surface area contributed by atoms with Crippen molar-refractivity contribution in [2.24, 2.45) is 0 Å². The molecule has 0 amide bonds. The summed E-state index contributed by atoms with van der Waals surface area (Å²) in [5.74, 6) is 0. The first-order valence-corrected chi connectivity index (χ1v) is 0.267. The molecule has 0 aliphatic carbocycles. The van der Waals surface area contributed by atoms with E-state index in [2.05, 4.69) is 0 Å². The quantitative estimate of drug-likeness (QED) is 0.319. The molecular weight excluding hydrogens is 121 g/mol.